The fraction of sp³-hybridized carbons (Fsp3) is 0.222. The fourth-order valence-electron chi connectivity index (χ4n) is 2.35. The first-order valence-electron chi connectivity index (χ1n) is 7.72. The molecule has 1 atom stereocenters. The van der Waals surface area contributed by atoms with Crippen molar-refractivity contribution in [1.82, 2.24) is 5.32 Å². The summed E-state index contributed by atoms with van der Waals surface area (Å²) < 4.78 is 4.82. The molecular weight excluding hydrogens is 306 g/mol. The maximum Gasteiger partial charge on any atom is 0.328 e. The average Bonchev–Trinajstić information content (AvgIpc) is 3.00. The number of amides is 1. The highest BCUT2D eigenvalue weighted by Crippen LogP contribution is 2.18. The van der Waals surface area contributed by atoms with Crippen LogP contribution in [0, 0.1) is 0 Å². The van der Waals surface area contributed by atoms with Gasteiger partial charge in [0.1, 0.15) is 6.04 Å². The maximum absolute atomic E-state index is 11.9. The molecule has 1 aliphatic heterocycles. The second kappa shape index (κ2) is 7.50. The van der Waals surface area contributed by atoms with Gasteiger partial charge in [-0.1, -0.05) is 30.3 Å². The lowest BCUT2D eigenvalue weighted by atomic mass is 10.1. The van der Waals surface area contributed by atoms with Gasteiger partial charge >= 0.3 is 5.97 Å². The molecule has 1 aliphatic rings. The highest BCUT2D eigenvalue weighted by Gasteiger charge is 2.27. The monoisotopic (exact) mass is 323 g/mol. The third kappa shape index (κ3) is 4.25. The van der Waals surface area contributed by atoms with Crippen molar-refractivity contribution in [2.75, 3.05) is 6.61 Å². The van der Waals surface area contributed by atoms with Crippen LogP contribution in [-0.2, 0) is 20.7 Å². The molecule has 122 valence electrons. The van der Waals surface area contributed by atoms with Crippen LogP contribution in [0.2, 0.25) is 0 Å². The number of hydrogen-bond acceptors (Lipinski definition) is 5. The molecule has 0 bridgehead atoms. The molecular formula is C18H17N3O3. The van der Waals surface area contributed by atoms with Crippen LogP contribution in [0.1, 0.15) is 12.0 Å². The molecule has 6 nitrogen and oxygen atoms in total. The Morgan fingerprint density at radius 2 is 1.71 bits per heavy atom. The van der Waals surface area contributed by atoms with Gasteiger partial charge in [0.05, 0.1) is 24.4 Å². The number of hydrogen-bond donors (Lipinski definition) is 1. The van der Waals surface area contributed by atoms with Crippen molar-refractivity contribution in [3.63, 3.8) is 0 Å². The molecule has 6 heteroatoms. The van der Waals surface area contributed by atoms with Gasteiger partial charge in [-0.3, -0.25) is 4.79 Å². The van der Waals surface area contributed by atoms with E-state index in [2.05, 4.69) is 15.5 Å². The van der Waals surface area contributed by atoms with Gasteiger partial charge in [-0.2, -0.15) is 10.2 Å². The number of nitrogens with zero attached hydrogens (tertiary/aromatic N) is 2. The lowest BCUT2D eigenvalue weighted by Crippen LogP contribution is -2.38. The minimum Gasteiger partial charge on any atom is -0.464 e. The number of esters is 1. The fourth-order valence-corrected chi connectivity index (χ4v) is 2.35. The molecule has 2 aromatic carbocycles. The predicted molar refractivity (Wildman–Crippen MR) is 88.3 cm³/mol. The predicted octanol–water partition coefficient (Wildman–Crippen LogP) is 3.08. The van der Waals surface area contributed by atoms with Crippen molar-refractivity contribution in [2.45, 2.75) is 18.9 Å². The molecule has 0 aliphatic carbocycles. The van der Waals surface area contributed by atoms with Crippen molar-refractivity contribution in [2.24, 2.45) is 10.2 Å². The normalized spacial score (nSPS) is 17.0. The smallest absolute Gasteiger partial charge is 0.328 e. The molecule has 1 amide bonds. The Labute approximate surface area is 139 Å². The summed E-state index contributed by atoms with van der Waals surface area (Å²) in [5.74, 6) is -0.558. The standard InChI is InChI=1S/C18H17N3O3/c22-17(19-16-10-11-24-18(16)23)12-13-6-8-15(9-7-13)21-20-14-4-2-1-3-5-14/h1-9,16H,10-12H2,(H,19,22)/b21-20+/t16-/m0/s1. The van der Waals surface area contributed by atoms with Gasteiger partial charge in [-0.15, -0.1) is 0 Å². The molecule has 1 heterocycles. The summed E-state index contributed by atoms with van der Waals surface area (Å²) in [7, 11) is 0. The van der Waals surface area contributed by atoms with Crippen LogP contribution in [-0.4, -0.2) is 24.5 Å². The van der Waals surface area contributed by atoms with E-state index in [4.69, 9.17) is 4.74 Å². The summed E-state index contributed by atoms with van der Waals surface area (Å²) in [5.41, 5.74) is 2.34. The van der Waals surface area contributed by atoms with Gasteiger partial charge in [0.2, 0.25) is 5.91 Å². The Kier molecular flexibility index (Phi) is 4.96. The largest absolute Gasteiger partial charge is 0.464 e. The first-order chi connectivity index (χ1) is 11.7. The van der Waals surface area contributed by atoms with Crippen molar-refractivity contribution < 1.29 is 14.3 Å². The van der Waals surface area contributed by atoms with Crippen LogP contribution < -0.4 is 5.32 Å². The van der Waals surface area contributed by atoms with Crippen molar-refractivity contribution in [1.29, 1.82) is 0 Å². The summed E-state index contributed by atoms with van der Waals surface area (Å²) in [6, 6.07) is 16.2. The minimum absolute atomic E-state index is 0.197. The van der Waals surface area contributed by atoms with Crippen LogP contribution in [0.3, 0.4) is 0 Å². The van der Waals surface area contributed by atoms with E-state index in [0.717, 1.165) is 11.3 Å². The highest BCUT2D eigenvalue weighted by molar-refractivity contribution is 5.86. The lowest BCUT2D eigenvalue weighted by Gasteiger charge is -2.08. The molecule has 1 N–H and O–H groups in total. The van der Waals surface area contributed by atoms with Crippen LogP contribution in [0.4, 0.5) is 11.4 Å². The second-order valence-corrected chi connectivity index (χ2v) is 5.46. The topological polar surface area (TPSA) is 80.1 Å². The summed E-state index contributed by atoms with van der Waals surface area (Å²) in [6.45, 7) is 0.366. The van der Waals surface area contributed by atoms with E-state index in [9.17, 15) is 9.59 Å². The summed E-state index contributed by atoms with van der Waals surface area (Å²) >= 11 is 0. The number of rotatable bonds is 5. The number of carbonyl (C=O) groups excluding carboxylic acids is 2. The Morgan fingerprint density at radius 1 is 1.04 bits per heavy atom. The number of cyclic esters (lactones) is 1. The van der Waals surface area contributed by atoms with Crippen LogP contribution in [0.15, 0.2) is 64.8 Å². The van der Waals surface area contributed by atoms with E-state index in [1.54, 1.807) is 12.1 Å². The number of nitrogens with one attached hydrogen (secondary N) is 1. The van der Waals surface area contributed by atoms with Crippen molar-refractivity contribution in [3.8, 4) is 0 Å². The van der Waals surface area contributed by atoms with E-state index in [1.807, 2.05) is 42.5 Å². The zero-order chi connectivity index (χ0) is 16.8. The van der Waals surface area contributed by atoms with Gasteiger partial charge in [-0.25, -0.2) is 4.79 Å². The Hall–Kier alpha value is -3.02. The zero-order valence-corrected chi connectivity index (χ0v) is 13.0. The van der Waals surface area contributed by atoms with Gasteiger partial charge in [0, 0.05) is 6.42 Å². The average molecular weight is 323 g/mol. The van der Waals surface area contributed by atoms with Crippen LogP contribution >= 0.6 is 0 Å². The zero-order valence-electron chi connectivity index (χ0n) is 13.0. The number of azo groups is 1. The Bertz CT molecular complexity index is 742. The summed E-state index contributed by atoms with van der Waals surface area (Å²) in [4.78, 5) is 23.3. The first kappa shape index (κ1) is 15.9. The molecule has 3 rings (SSSR count). The van der Waals surface area contributed by atoms with Crippen molar-refractivity contribution >= 4 is 23.3 Å². The Balaban J connectivity index is 1.55. The van der Waals surface area contributed by atoms with Crippen molar-refractivity contribution in [3.05, 3.63) is 60.2 Å². The Morgan fingerprint density at radius 3 is 2.33 bits per heavy atom. The second-order valence-electron chi connectivity index (χ2n) is 5.46. The molecule has 0 spiro atoms. The molecule has 0 aromatic heterocycles. The molecule has 0 radical (unpaired) electrons. The summed E-state index contributed by atoms with van der Waals surface area (Å²) in [5, 5.41) is 11.0. The lowest BCUT2D eigenvalue weighted by molar-refractivity contribution is -0.141. The quantitative estimate of drug-likeness (QED) is 0.678. The number of benzene rings is 2. The number of ether oxygens (including phenoxy) is 1. The van der Waals surface area contributed by atoms with E-state index in [0.29, 0.717) is 18.7 Å². The van der Waals surface area contributed by atoms with Gasteiger partial charge < -0.3 is 10.1 Å². The van der Waals surface area contributed by atoms with E-state index in [1.165, 1.54) is 0 Å². The van der Waals surface area contributed by atoms with Gasteiger partial charge in [0.15, 0.2) is 0 Å². The molecule has 0 unspecified atom stereocenters. The maximum atomic E-state index is 11.9. The molecule has 1 fully saturated rings. The highest BCUT2D eigenvalue weighted by atomic mass is 16.5. The molecule has 0 saturated carbocycles. The number of carbonyl (C=O) groups is 2. The summed E-state index contributed by atoms with van der Waals surface area (Å²) in [6.07, 6.45) is 0.739. The first-order valence-corrected chi connectivity index (χ1v) is 7.72. The van der Waals surface area contributed by atoms with Crippen LogP contribution in [0.25, 0.3) is 0 Å². The van der Waals surface area contributed by atoms with E-state index >= 15 is 0 Å². The minimum atomic E-state index is -0.517. The molecule has 24 heavy (non-hydrogen) atoms. The molecule has 1 saturated heterocycles. The SMILES string of the molecule is O=C(Cc1ccc(/N=N/c2ccccc2)cc1)N[C@H]1CCOC1=O. The van der Waals surface area contributed by atoms with Gasteiger partial charge in [0.25, 0.3) is 0 Å². The van der Waals surface area contributed by atoms with E-state index in [-0.39, 0.29) is 18.3 Å². The molecule has 2 aromatic rings. The third-order valence-electron chi connectivity index (χ3n) is 3.61. The van der Waals surface area contributed by atoms with E-state index < -0.39 is 6.04 Å². The van der Waals surface area contributed by atoms with Gasteiger partial charge in [-0.05, 0) is 29.8 Å². The third-order valence-corrected chi connectivity index (χ3v) is 3.61. The van der Waals surface area contributed by atoms with Crippen LogP contribution in [0.5, 0.6) is 0 Å².